The molecule has 5 heteroatoms. The second kappa shape index (κ2) is 5.47. The third kappa shape index (κ3) is 3.41. The van der Waals surface area contributed by atoms with Crippen LogP contribution in [0.5, 0.6) is 0 Å². The number of hydrogen-bond donors (Lipinski definition) is 1. The minimum atomic E-state index is -0.329. The maximum Gasteiger partial charge on any atom is 0.146 e. The van der Waals surface area contributed by atoms with Crippen molar-refractivity contribution in [3.63, 3.8) is 0 Å². The number of benzene rings is 1. The van der Waals surface area contributed by atoms with E-state index in [1.807, 2.05) is 18.2 Å². The van der Waals surface area contributed by atoms with Crippen molar-refractivity contribution in [3.8, 4) is 0 Å². The van der Waals surface area contributed by atoms with E-state index in [9.17, 15) is 4.39 Å². The molecule has 0 saturated carbocycles. The van der Waals surface area contributed by atoms with Crippen molar-refractivity contribution in [2.75, 3.05) is 5.32 Å². The van der Waals surface area contributed by atoms with E-state index in [-0.39, 0.29) is 5.82 Å². The maximum absolute atomic E-state index is 13.4. The summed E-state index contributed by atoms with van der Waals surface area (Å²) in [6.07, 6.45) is 0. The fourth-order valence-corrected chi connectivity index (χ4v) is 1.92. The van der Waals surface area contributed by atoms with E-state index in [2.05, 4.69) is 26.2 Å². The van der Waals surface area contributed by atoms with Gasteiger partial charge in [0.15, 0.2) is 0 Å². The third-order valence-electron chi connectivity index (χ3n) is 2.16. The van der Waals surface area contributed by atoms with Crippen LogP contribution >= 0.6 is 27.5 Å². The Morgan fingerprint density at radius 2 is 2.12 bits per heavy atom. The third-order valence-corrected chi connectivity index (χ3v) is 2.84. The van der Waals surface area contributed by atoms with E-state index in [0.717, 1.165) is 10.3 Å². The van der Waals surface area contributed by atoms with Gasteiger partial charge in [0.25, 0.3) is 0 Å². The van der Waals surface area contributed by atoms with Gasteiger partial charge in [-0.05, 0) is 46.3 Å². The molecule has 2 nitrogen and oxygen atoms in total. The number of nitrogens with one attached hydrogen (secondary N) is 1. The molecule has 1 aromatic carbocycles. The molecule has 0 fully saturated rings. The largest absolute Gasteiger partial charge is 0.377 e. The van der Waals surface area contributed by atoms with Gasteiger partial charge in [0, 0.05) is 5.02 Å². The van der Waals surface area contributed by atoms with Crippen molar-refractivity contribution in [1.82, 2.24) is 4.98 Å². The molecular weight excluding hydrogens is 307 g/mol. The minimum absolute atomic E-state index is 0.329. The molecular formula is C12H9BrClFN2. The van der Waals surface area contributed by atoms with Gasteiger partial charge in [0.1, 0.15) is 10.4 Å². The second-order valence-corrected chi connectivity index (χ2v) is 4.68. The Bertz CT molecular complexity index is 534. The van der Waals surface area contributed by atoms with Crippen LogP contribution in [0.2, 0.25) is 5.02 Å². The molecule has 0 saturated heterocycles. The average molecular weight is 316 g/mol. The predicted octanol–water partition coefficient (Wildman–Crippen LogP) is 4.25. The first-order valence-electron chi connectivity index (χ1n) is 4.95. The van der Waals surface area contributed by atoms with E-state index >= 15 is 0 Å². The van der Waals surface area contributed by atoms with Crippen molar-refractivity contribution in [1.29, 1.82) is 0 Å². The van der Waals surface area contributed by atoms with Gasteiger partial charge < -0.3 is 5.32 Å². The van der Waals surface area contributed by atoms with Gasteiger partial charge in [-0.3, -0.25) is 0 Å². The zero-order valence-corrected chi connectivity index (χ0v) is 11.1. The SMILES string of the molecule is Fc1ccc(Cl)cc1NCc1cccc(Br)n1. The number of aromatic nitrogens is 1. The fraction of sp³-hybridized carbons (Fsp3) is 0.0833. The Morgan fingerprint density at radius 1 is 1.29 bits per heavy atom. The van der Waals surface area contributed by atoms with Crippen LogP contribution in [0.4, 0.5) is 10.1 Å². The van der Waals surface area contributed by atoms with Crippen molar-refractivity contribution in [2.24, 2.45) is 0 Å². The van der Waals surface area contributed by atoms with Crippen molar-refractivity contribution >= 4 is 33.2 Å². The smallest absolute Gasteiger partial charge is 0.146 e. The lowest BCUT2D eigenvalue weighted by Gasteiger charge is -2.07. The van der Waals surface area contributed by atoms with Gasteiger partial charge >= 0.3 is 0 Å². The quantitative estimate of drug-likeness (QED) is 0.857. The molecule has 2 rings (SSSR count). The topological polar surface area (TPSA) is 24.9 Å². The Kier molecular flexibility index (Phi) is 3.97. The number of halogens is 3. The van der Waals surface area contributed by atoms with Gasteiger partial charge in [0.05, 0.1) is 17.9 Å². The standard InChI is InChI=1S/C12H9BrClFN2/c13-12-3-1-2-9(17-12)7-16-11-6-8(14)4-5-10(11)15/h1-6,16H,7H2. The summed E-state index contributed by atoms with van der Waals surface area (Å²) in [4.78, 5) is 4.24. The predicted molar refractivity (Wildman–Crippen MR) is 70.7 cm³/mol. The van der Waals surface area contributed by atoms with E-state index in [4.69, 9.17) is 11.6 Å². The summed E-state index contributed by atoms with van der Waals surface area (Å²) >= 11 is 9.07. The van der Waals surface area contributed by atoms with Crippen LogP contribution in [-0.4, -0.2) is 4.98 Å². The Hall–Kier alpha value is -1.13. The lowest BCUT2D eigenvalue weighted by molar-refractivity contribution is 0.630. The summed E-state index contributed by atoms with van der Waals surface area (Å²) in [6, 6.07) is 9.97. The Balaban J connectivity index is 2.09. The van der Waals surface area contributed by atoms with Crippen LogP contribution in [0.15, 0.2) is 41.0 Å². The molecule has 0 aliphatic heterocycles. The first-order valence-corrected chi connectivity index (χ1v) is 6.12. The zero-order chi connectivity index (χ0) is 12.3. The molecule has 0 aliphatic rings. The molecule has 0 aliphatic carbocycles. The molecule has 0 atom stereocenters. The zero-order valence-electron chi connectivity index (χ0n) is 8.75. The molecule has 0 unspecified atom stereocenters. The van der Waals surface area contributed by atoms with Crippen LogP contribution in [0.25, 0.3) is 0 Å². The van der Waals surface area contributed by atoms with Gasteiger partial charge in [-0.1, -0.05) is 17.7 Å². The van der Waals surface area contributed by atoms with Crippen molar-refractivity contribution < 1.29 is 4.39 Å². The molecule has 1 heterocycles. The lowest BCUT2D eigenvalue weighted by atomic mass is 10.3. The molecule has 0 spiro atoms. The lowest BCUT2D eigenvalue weighted by Crippen LogP contribution is -2.03. The van der Waals surface area contributed by atoms with Gasteiger partial charge in [-0.15, -0.1) is 0 Å². The Labute approximate surface area is 112 Å². The van der Waals surface area contributed by atoms with Crippen LogP contribution < -0.4 is 5.32 Å². The van der Waals surface area contributed by atoms with Gasteiger partial charge in [0.2, 0.25) is 0 Å². The molecule has 2 aromatic rings. The summed E-state index contributed by atoms with van der Waals surface area (Å²) in [6.45, 7) is 0.441. The van der Waals surface area contributed by atoms with E-state index < -0.39 is 0 Å². The van der Waals surface area contributed by atoms with Crippen LogP contribution in [-0.2, 0) is 6.54 Å². The van der Waals surface area contributed by atoms with Gasteiger partial charge in [-0.2, -0.15) is 0 Å². The van der Waals surface area contributed by atoms with Crippen LogP contribution in [0.1, 0.15) is 5.69 Å². The summed E-state index contributed by atoms with van der Waals surface area (Å²) in [7, 11) is 0. The second-order valence-electron chi connectivity index (χ2n) is 3.43. The number of hydrogen-bond acceptors (Lipinski definition) is 2. The summed E-state index contributed by atoms with van der Waals surface area (Å²) in [5, 5.41) is 3.45. The molecule has 1 N–H and O–H groups in total. The van der Waals surface area contributed by atoms with Crippen LogP contribution in [0.3, 0.4) is 0 Å². The summed E-state index contributed by atoms with van der Waals surface area (Å²) in [5.74, 6) is -0.329. The monoisotopic (exact) mass is 314 g/mol. The molecule has 0 bridgehead atoms. The van der Waals surface area contributed by atoms with Gasteiger partial charge in [-0.25, -0.2) is 9.37 Å². The van der Waals surface area contributed by atoms with Crippen molar-refractivity contribution in [2.45, 2.75) is 6.54 Å². The highest BCUT2D eigenvalue weighted by molar-refractivity contribution is 9.10. The number of anilines is 1. The number of nitrogens with zero attached hydrogens (tertiary/aromatic N) is 1. The fourth-order valence-electron chi connectivity index (χ4n) is 1.37. The maximum atomic E-state index is 13.4. The van der Waals surface area contributed by atoms with Crippen molar-refractivity contribution in [3.05, 3.63) is 57.5 Å². The Morgan fingerprint density at radius 3 is 2.88 bits per heavy atom. The van der Waals surface area contributed by atoms with E-state index in [1.54, 1.807) is 6.07 Å². The highest BCUT2D eigenvalue weighted by Crippen LogP contribution is 2.20. The highest BCUT2D eigenvalue weighted by Gasteiger charge is 2.03. The summed E-state index contributed by atoms with van der Waals surface area (Å²) in [5.41, 5.74) is 1.19. The average Bonchev–Trinajstić information content (AvgIpc) is 2.30. The number of rotatable bonds is 3. The highest BCUT2D eigenvalue weighted by atomic mass is 79.9. The minimum Gasteiger partial charge on any atom is -0.377 e. The van der Waals surface area contributed by atoms with E-state index in [0.29, 0.717) is 17.3 Å². The summed E-state index contributed by atoms with van der Waals surface area (Å²) < 4.78 is 14.2. The first kappa shape index (κ1) is 12.3. The molecule has 17 heavy (non-hydrogen) atoms. The number of pyridine rings is 1. The molecule has 0 amide bonds. The van der Waals surface area contributed by atoms with E-state index in [1.165, 1.54) is 12.1 Å². The normalized spacial score (nSPS) is 10.3. The molecule has 88 valence electrons. The molecule has 0 radical (unpaired) electrons. The molecule has 1 aromatic heterocycles. The van der Waals surface area contributed by atoms with Crippen LogP contribution in [0, 0.1) is 5.82 Å². The first-order chi connectivity index (χ1) is 8.15.